The highest BCUT2D eigenvalue weighted by molar-refractivity contribution is 5.86. The molecule has 0 saturated carbocycles. The van der Waals surface area contributed by atoms with Crippen LogP contribution in [0.1, 0.15) is 5.56 Å². The summed E-state index contributed by atoms with van der Waals surface area (Å²) in [6.45, 7) is -0.378. The van der Waals surface area contributed by atoms with E-state index < -0.39 is 12.2 Å². The number of hydrogen-bond acceptors (Lipinski definition) is 3. The summed E-state index contributed by atoms with van der Waals surface area (Å²) in [5.74, 6) is 0. The van der Waals surface area contributed by atoms with Gasteiger partial charge in [-0.1, -0.05) is 0 Å². The normalized spacial score (nSPS) is 9.12. The van der Waals surface area contributed by atoms with Crippen molar-refractivity contribution in [3.05, 3.63) is 29.8 Å². The molecule has 0 fully saturated rings. The van der Waals surface area contributed by atoms with Crippen LogP contribution >= 0.6 is 0 Å². The van der Waals surface area contributed by atoms with E-state index in [4.69, 9.17) is 15.5 Å². The molecule has 0 spiro atoms. The first-order chi connectivity index (χ1) is 8.04. The fourth-order valence-electron chi connectivity index (χ4n) is 1.13. The number of carboxylic acid groups (broad SMARTS) is 2. The van der Waals surface area contributed by atoms with E-state index in [-0.39, 0.29) is 12.4 Å². The van der Waals surface area contributed by atoms with Crippen molar-refractivity contribution in [2.45, 2.75) is 0 Å². The number of hydrogen-bond donors (Lipinski definition) is 3. The van der Waals surface area contributed by atoms with Crippen LogP contribution in [-0.2, 0) is 0 Å². The Labute approximate surface area is 96.5 Å². The van der Waals surface area contributed by atoms with Gasteiger partial charge in [0.25, 0.3) is 0 Å². The third-order valence-corrected chi connectivity index (χ3v) is 1.93. The molecule has 17 heavy (non-hydrogen) atoms. The lowest BCUT2D eigenvalue weighted by atomic mass is 10.2. The summed E-state index contributed by atoms with van der Waals surface area (Å²) in [5, 5.41) is 27.8. The second-order valence-electron chi connectivity index (χ2n) is 3.01. The number of amides is 2. The predicted octanol–water partition coefficient (Wildman–Crippen LogP) is 1.27. The third-order valence-electron chi connectivity index (χ3n) is 1.93. The maximum Gasteiger partial charge on any atom is 0.413 e. The van der Waals surface area contributed by atoms with E-state index >= 15 is 0 Å². The number of nitrogens with zero attached hydrogens (tertiary/aromatic N) is 2. The molecule has 0 aliphatic rings. The second-order valence-corrected chi connectivity index (χ2v) is 3.01. The molecular weight excluding hydrogens is 226 g/mol. The van der Waals surface area contributed by atoms with Gasteiger partial charge in [0, 0.05) is 5.69 Å². The predicted molar refractivity (Wildman–Crippen MR) is 57.7 cm³/mol. The highest BCUT2D eigenvalue weighted by atomic mass is 16.4. The van der Waals surface area contributed by atoms with Crippen LogP contribution in [-0.4, -0.2) is 29.1 Å². The van der Waals surface area contributed by atoms with E-state index in [1.54, 1.807) is 0 Å². The Kier molecular flexibility index (Phi) is 3.89. The molecule has 0 atom stereocenters. The molecule has 1 aromatic rings. The van der Waals surface area contributed by atoms with E-state index in [1.807, 2.05) is 11.4 Å². The van der Waals surface area contributed by atoms with Gasteiger partial charge < -0.3 is 15.5 Å². The van der Waals surface area contributed by atoms with Gasteiger partial charge in [-0.15, -0.1) is 0 Å². The van der Waals surface area contributed by atoms with Crippen LogP contribution in [0.5, 0.6) is 0 Å². The highest BCUT2D eigenvalue weighted by Gasteiger charge is 2.14. The van der Waals surface area contributed by atoms with Gasteiger partial charge in [-0.3, -0.25) is 4.90 Å². The molecule has 0 aliphatic carbocycles. The van der Waals surface area contributed by atoms with Crippen LogP contribution in [0, 0.1) is 11.3 Å². The lowest BCUT2D eigenvalue weighted by Gasteiger charge is -2.18. The van der Waals surface area contributed by atoms with Crippen molar-refractivity contribution in [3.63, 3.8) is 0 Å². The summed E-state index contributed by atoms with van der Waals surface area (Å²) >= 11 is 0. The molecule has 0 radical (unpaired) electrons. The molecule has 3 N–H and O–H groups in total. The summed E-state index contributed by atoms with van der Waals surface area (Å²) in [7, 11) is 0. The standard InChI is InChI=1S/C10H9N3O4/c11-5-7-1-3-8(4-2-7)13(10(16)17)6-12-9(14)15/h1-4,12H,6H2,(H,14,15)(H,16,17). The van der Waals surface area contributed by atoms with E-state index in [9.17, 15) is 9.59 Å². The van der Waals surface area contributed by atoms with Gasteiger partial charge in [0.2, 0.25) is 0 Å². The van der Waals surface area contributed by atoms with Crippen LogP contribution in [0.2, 0.25) is 0 Å². The number of benzene rings is 1. The molecule has 1 rings (SSSR count). The largest absolute Gasteiger partial charge is 0.465 e. The highest BCUT2D eigenvalue weighted by Crippen LogP contribution is 2.14. The quantitative estimate of drug-likeness (QED) is 0.682. The Morgan fingerprint density at radius 1 is 1.29 bits per heavy atom. The lowest BCUT2D eigenvalue weighted by Crippen LogP contribution is -2.40. The summed E-state index contributed by atoms with van der Waals surface area (Å²) in [4.78, 5) is 22.0. The van der Waals surface area contributed by atoms with Crippen molar-refractivity contribution >= 4 is 17.9 Å². The smallest absolute Gasteiger partial charge is 0.413 e. The zero-order valence-electron chi connectivity index (χ0n) is 8.62. The van der Waals surface area contributed by atoms with Gasteiger partial charge in [0.05, 0.1) is 11.6 Å². The van der Waals surface area contributed by atoms with Gasteiger partial charge in [-0.25, -0.2) is 9.59 Å². The van der Waals surface area contributed by atoms with Crippen LogP contribution in [0.25, 0.3) is 0 Å². The first kappa shape index (κ1) is 12.3. The number of nitriles is 1. The second kappa shape index (κ2) is 5.37. The van der Waals surface area contributed by atoms with Gasteiger partial charge in [0.15, 0.2) is 0 Å². The Morgan fingerprint density at radius 2 is 1.88 bits per heavy atom. The summed E-state index contributed by atoms with van der Waals surface area (Å²) in [6.07, 6.45) is -2.60. The van der Waals surface area contributed by atoms with Gasteiger partial charge in [0.1, 0.15) is 6.67 Å². The van der Waals surface area contributed by atoms with Crippen LogP contribution in [0.15, 0.2) is 24.3 Å². The maximum atomic E-state index is 10.9. The van der Waals surface area contributed by atoms with Gasteiger partial charge >= 0.3 is 12.2 Å². The fraction of sp³-hybridized carbons (Fsp3) is 0.100. The van der Waals surface area contributed by atoms with Crippen molar-refractivity contribution in [2.75, 3.05) is 11.6 Å². The molecule has 7 heteroatoms. The van der Waals surface area contributed by atoms with E-state index in [0.717, 1.165) is 4.90 Å². The minimum absolute atomic E-state index is 0.283. The Morgan fingerprint density at radius 3 is 2.29 bits per heavy atom. The molecule has 88 valence electrons. The number of rotatable bonds is 3. The Hall–Kier alpha value is -2.75. The maximum absolute atomic E-state index is 10.9. The molecule has 0 saturated heterocycles. The van der Waals surface area contributed by atoms with Crippen molar-refractivity contribution in [3.8, 4) is 6.07 Å². The first-order valence-corrected chi connectivity index (χ1v) is 4.52. The minimum atomic E-state index is -1.31. The molecule has 1 aromatic carbocycles. The average molecular weight is 235 g/mol. The van der Waals surface area contributed by atoms with Gasteiger partial charge in [-0.2, -0.15) is 5.26 Å². The van der Waals surface area contributed by atoms with E-state index in [2.05, 4.69) is 0 Å². The van der Waals surface area contributed by atoms with Crippen molar-refractivity contribution in [1.29, 1.82) is 5.26 Å². The van der Waals surface area contributed by atoms with Gasteiger partial charge in [-0.05, 0) is 24.3 Å². The van der Waals surface area contributed by atoms with Crippen molar-refractivity contribution in [1.82, 2.24) is 5.32 Å². The average Bonchev–Trinajstić information content (AvgIpc) is 2.29. The molecule has 0 aromatic heterocycles. The molecule has 0 aliphatic heterocycles. The topological polar surface area (TPSA) is 114 Å². The van der Waals surface area contributed by atoms with Crippen LogP contribution in [0.4, 0.5) is 15.3 Å². The molecule has 0 bridgehead atoms. The van der Waals surface area contributed by atoms with E-state index in [0.29, 0.717) is 5.56 Å². The monoisotopic (exact) mass is 235 g/mol. The number of anilines is 1. The van der Waals surface area contributed by atoms with E-state index in [1.165, 1.54) is 24.3 Å². The Balaban J connectivity index is 2.86. The molecule has 0 heterocycles. The summed E-state index contributed by atoms with van der Waals surface area (Å²) in [5.41, 5.74) is 0.676. The Bertz CT molecular complexity index is 463. The zero-order valence-corrected chi connectivity index (χ0v) is 8.62. The minimum Gasteiger partial charge on any atom is -0.465 e. The first-order valence-electron chi connectivity index (χ1n) is 4.52. The third kappa shape index (κ3) is 3.39. The molecule has 2 amide bonds. The van der Waals surface area contributed by atoms with Crippen LogP contribution < -0.4 is 10.2 Å². The number of nitrogens with one attached hydrogen (secondary N) is 1. The SMILES string of the molecule is N#Cc1ccc(N(CNC(=O)O)C(=O)O)cc1. The molecule has 0 unspecified atom stereocenters. The van der Waals surface area contributed by atoms with Crippen molar-refractivity contribution in [2.24, 2.45) is 0 Å². The molecule has 7 nitrogen and oxygen atoms in total. The lowest BCUT2D eigenvalue weighted by molar-refractivity contribution is 0.191. The zero-order chi connectivity index (χ0) is 12.8. The summed E-state index contributed by atoms with van der Waals surface area (Å²) < 4.78 is 0. The summed E-state index contributed by atoms with van der Waals surface area (Å²) in [6, 6.07) is 7.65. The molecular formula is C10H9N3O4. The number of carbonyl (C=O) groups is 2. The van der Waals surface area contributed by atoms with Crippen molar-refractivity contribution < 1.29 is 19.8 Å². The fourth-order valence-corrected chi connectivity index (χ4v) is 1.13. The van der Waals surface area contributed by atoms with Crippen LogP contribution in [0.3, 0.4) is 0 Å².